The molecule has 1 aromatic heterocycles. The van der Waals surface area contributed by atoms with Crippen LogP contribution < -0.4 is 15.4 Å². The molecule has 3 rings (SSSR count). The summed E-state index contributed by atoms with van der Waals surface area (Å²) < 4.78 is 5.35. The van der Waals surface area contributed by atoms with Crippen LogP contribution in [-0.2, 0) is 6.54 Å². The predicted molar refractivity (Wildman–Crippen MR) is 99.0 cm³/mol. The number of aromatic nitrogens is 1. The van der Waals surface area contributed by atoms with Crippen LogP contribution in [0.3, 0.4) is 0 Å². The Bertz CT molecular complexity index is 850. The molecule has 0 spiro atoms. The number of methoxy groups -OCH3 is 1. The van der Waals surface area contributed by atoms with E-state index in [-0.39, 0.29) is 5.91 Å². The summed E-state index contributed by atoms with van der Waals surface area (Å²) in [6, 6.07) is 20.7. The van der Waals surface area contributed by atoms with Gasteiger partial charge >= 0.3 is 0 Å². The van der Waals surface area contributed by atoms with Gasteiger partial charge in [-0.25, -0.2) is 0 Å². The van der Waals surface area contributed by atoms with Crippen molar-refractivity contribution in [3.05, 3.63) is 84.2 Å². The summed E-state index contributed by atoms with van der Waals surface area (Å²) in [5, 5.41) is 6.12. The SMILES string of the molecule is COc1ccccc1CNc1ccnc(C(=O)Nc2ccccc2)c1. The molecule has 0 saturated carbocycles. The third-order valence-electron chi connectivity index (χ3n) is 3.70. The van der Waals surface area contributed by atoms with Gasteiger partial charge in [-0.1, -0.05) is 36.4 Å². The molecule has 0 saturated heterocycles. The van der Waals surface area contributed by atoms with Crippen LogP contribution in [0.5, 0.6) is 5.75 Å². The minimum absolute atomic E-state index is 0.243. The lowest BCUT2D eigenvalue weighted by Gasteiger charge is -2.11. The highest BCUT2D eigenvalue weighted by Crippen LogP contribution is 2.19. The molecule has 0 radical (unpaired) electrons. The summed E-state index contributed by atoms with van der Waals surface area (Å²) in [5.74, 6) is 0.582. The lowest BCUT2D eigenvalue weighted by molar-refractivity contribution is 0.102. The molecule has 3 aromatic rings. The molecule has 0 aliphatic rings. The van der Waals surface area contributed by atoms with E-state index in [1.807, 2.05) is 60.7 Å². The number of para-hydroxylation sites is 2. The number of anilines is 2. The standard InChI is InChI=1S/C20H19N3O2/c1-25-19-10-6-5-7-15(19)14-22-17-11-12-21-18(13-17)20(24)23-16-8-3-2-4-9-16/h2-13H,14H2,1H3,(H,21,22)(H,23,24). The van der Waals surface area contributed by atoms with E-state index in [4.69, 9.17) is 4.74 Å². The zero-order chi connectivity index (χ0) is 17.5. The number of ether oxygens (including phenoxy) is 1. The first kappa shape index (κ1) is 16.5. The Morgan fingerprint density at radius 2 is 1.76 bits per heavy atom. The zero-order valence-electron chi connectivity index (χ0n) is 13.9. The average molecular weight is 333 g/mol. The van der Waals surface area contributed by atoms with Gasteiger partial charge in [0.15, 0.2) is 0 Å². The second-order valence-electron chi connectivity index (χ2n) is 5.42. The summed E-state index contributed by atoms with van der Waals surface area (Å²) in [6.45, 7) is 0.591. The molecule has 0 atom stereocenters. The number of carbonyl (C=O) groups is 1. The molecule has 2 N–H and O–H groups in total. The normalized spacial score (nSPS) is 10.1. The minimum atomic E-state index is -0.243. The fourth-order valence-electron chi connectivity index (χ4n) is 2.43. The van der Waals surface area contributed by atoms with Crippen molar-refractivity contribution in [2.45, 2.75) is 6.54 Å². The Morgan fingerprint density at radius 3 is 2.56 bits per heavy atom. The van der Waals surface area contributed by atoms with E-state index < -0.39 is 0 Å². The van der Waals surface area contributed by atoms with Crippen molar-refractivity contribution in [1.82, 2.24) is 4.98 Å². The minimum Gasteiger partial charge on any atom is -0.496 e. The fourth-order valence-corrected chi connectivity index (χ4v) is 2.43. The number of benzene rings is 2. The second kappa shape index (κ2) is 7.97. The smallest absolute Gasteiger partial charge is 0.274 e. The number of hydrogen-bond donors (Lipinski definition) is 2. The molecule has 0 bridgehead atoms. The molecule has 126 valence electrons. The molecular weight excluding hydrogens is 314 g/mol. The molecule has 0 unspecified atom stereocenters. The number of amides is 1. The van der Waals surface area contributed by atoms with Gasteiger partial charge < -0.3 is 15.4 Å². The zero-order valence-corrected chi connectivity index (χ0v) is 13.9. The van der Waals surface area contributed by atoms with E-state index in [0.29, 0.717) is 12.2 Å². The summed E-state index contributed by atoms with van der Waals surface area (Å²) in [7, 11) is 1.65. The highest BCUT2D eigenvalue weighted by Gasteiger charge is 2.09. The summed E-state index contributed by atoms with van der Waals surface area (Å²) in [4.78, 5) is 16.5. The Labute approximate surface area is 146 Å². The monoisotopic (exact) mass is 333 g/mol. The summed E-state index contributed by atoms with van der Waals surface area (Å²) in [5.41, 5.74) is 2.95. The van der Waals surface area contributed by atoms with Crippen LogP contribution in [0.25, 0.3) is 0 Å². The molecule has 2 aromatic carbocycles. The maximum Gasteiger partial charge on any atom is 0.274 e. The third-order valence-corrected chi connectivity index (χ3v) is 3.70. The first-order valence-electron chi connectivity index (χ1n) is 7.94. The van der Waals surface area contributed by atoms with Crippen LogP contribution >= 0.6 is 0 Å². The highest BCUT2D eigenvalue weighted by atomic mass is 16.5. The molecule has 5 heteroatoms. The van der Waals surface area contributed by atoms with E-state index in [1.54, 1.807) is 19.4 Å². The molecule has 1 amide bonds. The number of carbonyl (C=O) groups excluding carboxylic acids is 1. The van der Waals surface area contributed by atoms with Crippen LogP contribution in [0, 0.1) is 0 Å². The van der Waals surface area contributed by atoms with Crippen LogP contribution in [-0.4, -0.2) is 18.0 Å². The Hall–Kier alpha value is -3.34. The van der Waals surface area contributed by atoms with E-state index in [2.05, 4.69) is 15.6 Å². The molecule has 0 aliphatic carbocycles. The highest BCUT2D eigenvalue weighted by molar-refractivity contribution is 6.03. The molecule has 5 nitrogen and oxygen atoms in total. The predicted octanol–water partition coefficient (Wildman–Crippen LogP) is 3.95. The van der Waals surface area contributed by atoms with Gasteiger partial charge in [0.05, 0.1) is 7.11 Å². The summed E-state index contributed by atoms with van der Waals surface area (Å²) >= 11 is 0. The van der Waals surface area contributed by atoms with Crippen LogP contribution in [0.2, 0.25) is 0 Å². The summed E-state index contributed by atoms with van der Waals surface area (Å²) in [6.07, 6.45) is 1.62. The number of pyridine rings is 1. The molecule has 1 heterocycles. The Balaban J connectivity index is 1.68. The van der Waals surface area contributed by atoms with Crippen molar-refractivity contribution in [3.8, 4) is 5.75 Å². The Morgan fingerprint density at radius 1 is 1.00 bits per heavy atom. The van der Waals surface area contributed by atoms with Crippen molar-refractivity contribution >= 4 is 17.3 Å². The van der Waals surface area contributed by atoms with Crippen molar-refractivity contribution in [1.29, 1.82) is 0 Å². The van der Waals surface area contributed by atoms with E-state index in [0.717, 1.165) is 22.7 Å². The average Bonchev–Trinajstić information content (AvgIpc) is 2.67. The van der Waals surface area contributed by atoms with Crippen LogP contribution in [0.1, 0.15) is 16.1 Å². The van der Waals surface area contributed by atoms with Gasteiger partial charge in [-0.05, 0) is 30.3 Å². The fraction of sp³-hybridized carbons (Fsp3) is 0.100. The van der Waals surface area contributed by atoms with Crippen molar-refractivity contribution in [2.75, 3.05) is 17.7 Å². The van der Waals surface area contributed by atoms with Gasteiger partial charge in [-0.15, -0.1) is 0 Å². The largest absolute Gasteiger partial charge is 0.496 e. The lowest BCUT2D eigenvalue weighted by atomic mass is 10.2. The van der Waals surface area contributed by atoms with Gasteiger partial charge in [-0.2, -0.15) is 0 Å². The topological polar surface area (TPSA) is 63.2 Å². The van der Waals surface area contributed by atoms with Gasteiger partial charge in [-0.3, -0.25) is 9.78 Å². The quantitative estimate of drug-likeness (QED) is 0.717. The first-order valence-corrected chi connectivity index (χ1v) is 7.94. The molecule has 0 aliphatic heterocycles. The van der Waals surface area contributed by atoms with Crippen LogP contribution in [0.15, 0.2) is 72.9 Å². The Kier molecular flexibility index (Phi) is 5.26. The molecular formula is C20H19N3O2. The van der Waals surface area contributed by atoms with E-state index in [1.165, 1.54) is 0 Å². The van der Waals surface area contributed by atoms with Crippen molar-refractivity contribution < 1.29 is 9.53 Å². The second-order valence-corrected chi connectivity index (χ2v) is 5.42. The maximum absolute atomic E-state index is 12.3. The number of hydrogen-bond acceptors (Lipinski definition) is 4. The van der Waals surface area contributed by atoms with E-state index >= 15 is 0 Å². The maximum atomic E-state index is 12.3. The number of nitrogens with one attached hydrogen (secondary N) is 2. The first-order chi connectivity index (χ1) is 12.3. The van der Waals surface area contributed by atoms with Gasteiger partial charge in [0.25, 0.3) is 5.91 Å². The van der Waals surface area contributed by atoms with Crippen molar-refractivity contribution in [3.63, 3.8) is 0 Å². The van der Waals surface area contributed by atoms with Gasteiger partial charge in [0, 0.05) is 29.7 Å². The number of nitrogens with zero attached hydrogens (tertiary/aromatic N) is 1. The van der Waals surface area contributed by atoms with Crippen LogP contribution in [0.4, 0.5) is 11.4 Å². The molecule has 25 heavy (non-hydrogen) atoms. The van der Waals surface area contributed by atoms with Gasteiger partial charge in [0.2, 0.25) is 0 Å². The third kappa shape index (κ3) is 4.35. The molecule has 0 fully saturated rings. The van der Waals surface area contributed by atoms with Crippen molar-refractivity contribution in [2.24, 2.45) is 0 Å². The van der Waals surface area contributed by atoms with Gasteiger partial charge in [0.1, 0.15) is 11.4 Å². The van der Waals surface area contributed by atoms with E-state index in [9.17, 15) is 4.79 Å². The lowest BCUT2D eigenvalue weighted by Crippen LogP contribution is -2.14. The number of rotatable bonds is 6.